The number of benzene rings is 1. The van der Waals surface area contributed by atoms with Crippen molar-refractivity contribution in [2.75, 3.05) is 7.11 Å². The molecule has 5 rings (SSSR count). The first-order valence-electron chi connectivity index (χ1n) is 13.7. The van der Waals surface area contributed by atoms with Gasteiger partial charge in [0.05, 0.1) is 24.4 Å². The van der Waals surface area contributed by atoms with Crippen LogP contribution >= 0.6 is 0 Å². The first kappa shape index (κ1) is 28.1. The Morgan fingerprint density at radius 2 is 1.75 bits per heavy atom. The predicted octanol–water partition coefficient (Wildman–Crippen LogP) is 6.36. The van der Waals surface area contributed by atoms with Gasteiger partial charge in [-0.15, -0.1) is 0 Å². The van der Waals surface area contributed by atoms with Gasteiger partial charge in [-0.1, -0.05) is 59.2 Å². The van der Waals surface area contributed by atoms with Gasteiger partial charge < -0.3 is 18.3 Å². The van der Waals surface area contributed by atoms with E-state index in [2.05, 4.69) is 77.3 Å². The summed E-state index contributed by atoms with van der Waals surface area (Å²) in [5, 5.41) is 0. The first-order valence-corrected chi connectivity index (χ1v) is 20.6. The third-order valence-corrected chi connectivity index (χ3v) is 17.2. The maximum Gasteiger partial charge on any atom is 0.475 e. The number of carbonyl (C=O) groups excluding carboxylic acids is 1. The highest BCUT2D eigenvalue weighted by Gasteiger charge is 2.69. The van der Waals surface area contributed by atoms with Crippen molar-refractivity contribution in [1.82, 2.24) is 4.23 Å². The van der Waals surface area contributed by atoms with Gasteiger partial charge in [0.2, 0.25) is 0 Å². The topological polar surface area (TPSA) is 48.0 Å². The smallest absolute Gasteiger partial charge is 0.475 e. The Morgan fingerprint density at radius 1 is 1.14 bits per heavy atom. The molecule has 3 aliphatic carbocycles. The standard InChI is InChI=1S/C28H48BNO4Si2/c1-18-20(13-14-22(32-6)26(18)19(2)31)15-25(30(35(7,8)9)36(10,11)12)29-33-24-17-21-16-23(27(21,3)4)28(24,5)34-29/h13-14,21,23-25H,15-17H2,1-12H3/t21-,23-,24?,25-,28-/m0/s1. The molecule has 1 aliphatic heterocycles. The summed E-state index contributed by atoms with van der Waals surface area (Å²) in [4.78, 5) is 12.6. The normalized spacial score (nSPS) is 30.1. The zero-order valence-electron chi connectivity index (χ0n) is 24.7. The summed E-state index contributed by atoms with van der Waals surface area (Å²) >= 11 is 0. The van der Waals surface area contributed by atoms with E-state index in [0.717, 1.165) is 24.3 Å². The van der Waals surface area contributed by atoms with Crippen LogP contribution in [0.1, 0.15) is 62.0 Å². The van der Waals surface area contributed by atoms with E-state index < -0.39 is 16.5 Å². The van der Waals surface area contributed by atoms with Gasteiger partial charge in [0.15, 0.2) is 5.78 Å². The molecular weight excluding hydrogens is 481 g/mol. The molecule has 4 fully saturated rings. The molecule has 4 aliphatic rings. The monoisotopic (exact) mass is 529 g/mol. The van der Waals surface area contributed by atoms with Gasteiger partial charge in [-0.25, -0.2) is 0 Å². The Labute approximate surface area is 222 Å². The number of ketones is 1. The molecule has 2 bridgehead atoms. The molecule has 1 aromatic carbocycles. The Hall–Kier alpha value is -0.931. The van der Waals surface area contributed by atoms with Crippen molar-refractivity contribution in [3.8, 4) is 5.75 Å². The molecule has 1 heterocycles. The van der Waals surface area contributed by atoms with Crippen molar-refractivity contribution in [2.24, 2.45) is 17.3 Å². The number of methoxy groups -OCH3 is 1. The minimum absolute atomic E-state index is 0.0453. The zero-order chi connectivity index (χ0) is 27.0. The summed E-state index contributed by atoms with van der Waals surface area (Å²) in [5.74, 6) is 2.08. The largest absolute Gasteiger partial charge is 0.496 e. The van der Waals surface area contributed by atoms with Gasteiger partial charge in [0, 0.05) is 5.94 Å². The van der Waals surface area contributed by atoms with E-state index in [1.165, 1.54) is 12.0 Å². The number of carbonyl (C=O) groups is 1. The molecule has 0 aromatic heterocycles. The summed E-state index contributed by atoms with van der Waals surface area (Å²) in [6.07, 6.45) is 3.32. The second kappa shape index (κ2) is 9.08. The number of Topliss-reactive ketones (excluding diaryl/α,β-unsaturated/α-hetero) is 1. The molecule has 1 unspecified atom stereocenters. The number of hydrogen-bond donors (Lipinski definition) is 0. The van der Waals surface area contributed by atoms with Crippen LogP contribution < -0.4 is 4.74 Å². The van der Waals surface area contributed by atoms with E-state index in [1.54, 1.807) is 14.0 Å². The third-order valence-electron chi connectivity index (χ3n) is 9.60. The van der Waals surface area contributed by atoms with E-state index in [9.17, 15) is 4.79 Å². The number of hydrogen-bond acceptors (Lipinski definition) is 5. The van der Waals surface area contributed by atoms with Crippen LogP contribution in [-0.4, -0.2) is 58.4 Å². The summed E-state index contributed by atoms with van der Waals surface area (Å²) in [6.45, 7) is 25.5. The second-order valence-electron chi connectivity index (χ2n) is 14.3. The van der Waals surface area contributed by atoms with E-state index in [1.807, 2.05) is 6.07 Å². The molecule has 0 amide bonds. The van der Waals surface area contributed by atoms with Crippen LogP contribution in [0.2, 0.25) is 39.3 Å². The Morgan fingerprint density at radius 3 is 2.25 bits per heavy atom. The Balaban J connectivity index is 1.76. The van der Waals surface area contributed by atoms with Crippen LogP contribution in [0.15, 0.2) is 12.1 Å². The lowest BCUT2D eigenvalue weighted by molar-refractivity contribution is -0.199. The fraction of sp³-hybridized carbons (Fsp3) is 0.750. The highest BCUT2D eigenvalue weighted by molar-refractivity contribution is 6.90. The van der Waals surface area contributed by atoms with Gasteiger partial charge in [-0.05, 0) is 74.5 Å². The highest BCUT2D eigenvalue weighted by Crippen LogP contribution is 2.66. The number of nitrogens with zero attached hydrogens (tertiary/aromatic N) is 1. The molecule has 3 saturated carbocycles. The summed E-state index contributed by atoms with van der Waals surface area (Å²) in [6, 6.07) is 4.10. The zero-order valence-corrected chi connectivity index (χ0v) is 26.7. The lowest BCUT2D eigenvalue weighted by Gasteiger charge is -2.64. The third kappa shape index (κ3) is 4.49. The lowest BCUT2D eigenvalue weighted by Crippen LogP contribution is -2.68. The van der Waals surface area contributed by atoms with Crippen LogP contribution in [0.25, 0.3) is 0 Å². The molecule has 8 heteroatoms. The summed E-state index contributed by atoms with van der Waals surface area (Å²) < 4.78 is 22.4. The molecule has 200 valence electrons. The van der Waals surface area contributed by atoms with Gasteiger partial charge in [-0.2, -0.15) is 0 Å². The predicted molar refractivity (Wildman–Crippen MR) is 154 cm³/mol. The van der Waals surface area contributed by atoms with E-state index >= 15 is 0 Å². The average Bonchev–Trinajstić information content (AvgIpc) is 3.08. The molecule has 0 N–H and O–H groups in total. The number of rotatable bonds is 8. The van der Waals surface area contributed by atoms with Gasteiger partial charge in [0.1, 0.15) is 22.2 Å². The van der Waals surface area contributed by atoms with Crippen LogP contribution in [0.3, 0.4) is 0 Å². The Kier molecular flexibility index (Phi) is 7.08. The van der Waals surface area contributed by atoms with Crippen molar-refractivity contribution < 1.29 is 18.8 Å². The van der Waals surface area contributed by atoms with Crippen molar-refractivity contribution >= 4 is 29.4 Å². The van der Waals surface area contributed by atoms with E-state index in [4.69, 9.17) is 14.0 Å². The number of ether oxygens (including phenoxy) is 1. The van der Waals surface area contributed by atoms with Crippen molar-refractivity contribution in [2.45, 2.75) is 111 Å². The fourth-order valence-electron chi connectivity index (χ4n) is 8.16. The maximum absolute atomic E-state index is 12.6. The van der Waals surface area contributed by atoms with Crippen molar-refractivity contribution in [1.29, 1.82) is 0 Å². The summed E-state index contributed by atoms with van der Waals surface area (Å²) in [7, 11) is -2.12. The molecule has 0 spiro atoms. The minimum atomic E-state index is -1.74. The maximum atomic E-state index is 12.6. The molecule has 1 saturated heterocycles. The quantitative estimate of drug-likeness (QED) is 0.290. The molecule has 0 radical (unpaired) electrons. The Bertz CT molecular complexity index is 1020. The lowest BCUT2D eigenvalue weighted by atomic mass is 9.43. The fourth-order valence-corrected chi connectivity index (χ4v) is 18.6. The molecular formula is C28H48BNO4Si2. The van der Waals surface area contributed by atoms with Gasteiger partial charge in [-0.3, -0.25) is 4.79 Å². The molecule has 1 aromatic rings. The summed E-state index contributed by atoms with van der Waals surface area (Å²) in [5.41, 5.74) is 2.98. The highest BCUT2D eigenvalue weighted by atomic mass is 28.4. The first-order chi connectivity index (χ1) is 16.4. The van der Waals surface area contributed by atoms with E-state index in [0.29, 0.717) is 22.6 Å². The molecule has 5 nitrogen and oxygen atoms in total. The molecule has 36 heavy (non-hydrogen) atoms. The van der Waals surface area contributed by atoms with Crippen LogP contribution in [0, 0.1) is 24.2 Å². The van der Waals surface area contributed by atoms with E-state index in [-0.39, 0.29) is 30.5 Å². The van der Waals surface area contributed by atoms with Gasteiger partial charge in [0.25, 0.3) is 0 Å². The van der Waals surface area contributed by atoms with Crippen LogP contribution in [0.4, 0.5) is 0 Å². The minimum Gasteiger partial charge on any atom is -0.496 e. The van der Waals surface area contributed by atoms with Gasteiger partial charge >= 0.3 is 7.12 Å². The molecule has 5 atom stereocenters. The average molecular weight is 530 g/mol. The van der Waals surface area contributed by atoms with Crippen LogP contribution in [-0.2, 0) is 15.7 Å². The second-order valence-corrected chi connectivity index (χ2v) is 24.4. The van der Waals surface area contributed by atoms with Crippen molar-refractivity contribution in [3.63, 3.8) is 0 Å². The van der Waals surface area contributed by atoms with Crippen LogP contribution in [0.5, 0.6) is 5.75 Å². The van der Waals surface area contributed by atoms with Crippen molar-refractivity contribution in [3.05, 3.63) is 28.8 Å². The SMILES string of the molecule is COc1ccc(C[C@@H](B2OC3C[C@@H]4C[C@@H](C4(C)C)[C@]3(C)O2)N([Si](C)(C)C)[Si](C)(C)C)c(C)c1C(C)=O.